The zero-order chi connectivity index (χ0) is 15.7. The highest BCUT2D eigenvalue weighted by molar-refractivity contribution is 5.97. The first-order valence-electron chi connectivity index (χ1n) is 7.55. The Kier molecular flexibility index (Phi) is 3.86. The number of nitrogens with one attached hydrogen (secondary N) is 2. The van der Waals surface area contributed by atoms with Crippen LogP contribution in [0.25, 0.3) is 0 Å². The van der Waals surface area contributed by atoms with Gasteiger partial charge < -0.3 is 21.6 Å². The summed E-state index contributed by atoms with van der Waals surface area (Å²) in [4.78, 5) is 24.6. The van der Waals surface area contributed by atoms with Crippen LogP contribution in [0.5, 0.6) is 0 Å². The molecule has 0 spiro atoms. The lowest BCUT2D eigenvalue weighted by atomic mass is 10.0. The minimum absolute atomic E-state index is 0.00000189. The Morgan fingerprint density at radius 1 is 1.41 bits per heavy atom. The summed E-state index contributed by atoms with van der Waals surface area (Å²) in [5, 5.41) is 19.0. The van der Waals surface area contributed by atoms with Gasteiger partial charge in [-0.2, -0.15) is 0 Å². The van der Waals surface area contributed by atoms with Gasteiger partial charge in [0.25, 0.3) is 5.91 Å². The minimum atomic E-state index is -1.11. The van der Waals surface area contributed by atoms with Crippen molar-refractivity contribution in [2.45, 2.75) is 25.4 Å². The topological polar surface area (TPSA) is 107 Å². The molecule has 2 amide bonds. The Morgan fingerprint density at radius 3 is 2.95 bits per heavy atom. The molecule has 1 saturated heterocycles. The lowest BCUT2D eigenvalue weighted by molar-refractivity contribution is -0.825. The maximum Gasteiger partial charge on any atom is 0.347 e. The zero-order valence-corrected chi connectivity index (χ0v) is 12.3. The highest BCUT2D eigenvalue weighted by Crippen LogP contribution is 2.37. The lowest BCUT2D eigenvalue weighted by Crippen LogP contribution is -2.59. The van der Waals surface area contributed by atoms with Crippen molar-refractivity contribution in [1.82, 2.24) is 5.32 Å². The highest BCUT2D eigenvalue weighted by Gasteiger charge is 2.48. The van der Waals surface area contributed by atoms with Gasteiger partial charge in [0.05, 0.1) is 5.56 Å². The van der Waals surface area contributed by atoms with Crippen molar-refractivity contribution >= 4 is 17.5 Å². The van der Waals surface area contributed by atoms with Gasteiger partial charge in [-0.3, -0.25) is 9.44 Å². The average molecular weight is 304 g/mol. The first-order valence-corrected chi connectivity index (χ1v) is 7.55. The van der Waals surface area contributed by atoms with E-state index in [9.17, 15) is 14.8 Å². The quantitative estimate of drug-likeness (QED) is 0.548. The van der Waals surface area contributed by atoms with Crippen LogP contribution in [0.2, 0.25) is 0 Å². The van der Waals surface area contributed by atoms with Crippen LogP contribution in [0, 0.1) is 5.21 Å². The third kappa shape index (κ3) is 2.27. The predicted molar refractivity (Wildman–Crippen MR) is 81.7 cm³/mol. The fourth-order valence-electron chi connectivity index (χ4n) is 3.25. The van der Waals surface area contributed by atoms with Gasteiger partial charge in [0.1, 0.15) is 6.54 Å². The largest absolute Gasteiger partial charge is 0.624 e. The molecule has 2 unspecified atom stereocenters. The second-order valence-electron chi connectivity index (χ2n) is 5.76. The maximum absolute atomic E-state index is 13.2. The molecule has 0 aliphatic carbocycles. The number of rotatable bonds is 4. The van der Waals surface area contributed by atoms with Crippen molar-refractivity contribution in [3.05, 3.63) is 34.5 Å². The maximum atomic E-state index is 13.2. The second kappa shape index (κ2) is 5.68. The SMILES string of the molecule is NCCNc1cccc2c1C[N+]([O-])(C1CCCNC1=O)C2=O. The number of carbonyl (C=O) groups is 2. The number of amides is 2. The van der Waals surface area contributed by atoms with Crippen LogP contribution >= 0.6 is 0 Å². The third-order valence-corrected chi connectivity index (χ3v) is 4.36. The number of piperidine rings is 1. The normalized spacial score (nSPS) is 27.5. The summed E-state index contributed by atoms with van der Waals surface area (Å²) in [6.07, 6.45) is 1.17. The van der Waals surface area contributed by atoms with E-state index in [1.165, 1.54) is 0 Å². The number of hydrogen-bond donors (Lipinski definition) is 3. The third-order valence-electron chi connectivity index (χ3n) is 4.36. The van der Waals surface area contributed by atoms with Crippen LogP contribution in [-0.2, 0) is 11.3 Å². The fraction of sp³-hybridized carbons (Fsp3) is 0.467. The number of benzene rings is 1. The van der Waals surface area contributed by atoms with E-state index in [-0.39, 0.29) is 12.5 Å². The van der Waals surface area contributed by atoms with Gasteiger partial charge >= 0.3 is 5.91 Å². The van der Waals surface area contributed by atoms with E-state index in [1.54, 1.807) is 12.1 Å². The molecule has 0 aromatic heterocycles. The van der Waals surface area contributed by atoms with Crippen LogP contribution in [0.1, 0.15) is 28.8 Å². The Morgan fingerprint density at radius 2 is 2.23 bits per heavy atom. The number of nitrogens with zero attached hydrogens (tertiary/aromatic N) is 1. The first-order chi connectivity index (χ1) is 10.6. The highest BCUT2D eigenvalue weighted by atomic mass is 16.6. The van der Waals surface area contributed by atoms with Crippen molar-refractivity contribution in [3.8, 4) is 0 Å². The molecule has 0 saturated carbocycles. The van der Waals surface area contributed by atoms with Gasteiger partial charge in [0.15, 0.2) is 6.04 Å². The van der Waals surface area contributed by atoms with Gasteiger partial charge in [0, 0.05) is 37.3 Å². The second-order valence-corrected chi connectivity index (χ2v) is 5.76. The summed E-state index contributed by atoms with van der Waals surface area (Å²) in [6, 6.07) is 4.38. The minimum Gasteiger partial charge on any atom is -0.624 e. The molecule has 4 N–H and O–H groups in total. The molecule has 2 aliphatic rings. The molecule has 0 bridgehead atoms. The summed E-state index contributed by atoms with van der Waals surface area (Å²) >= 11 is 0. The summed E-state index contributed by atoms with van der Waals surface area (Å²) in [6.45, 7) is 1.59. The molecule has 118 valence electrons. The van der Waals surface area contributed by atoms with Crippen LogP contribution in [0.3, 0.4) is 0 Å². The average Bonchev–Trinajstić information content (AvgIpc) is 2.79. The van der Waals surface area contributed by atoms with Crippen LogP contribution in [0.4, 0.5) is 5.69 Å². The molecule has 22 heavy (non-hydrogen) atoms. The Balaban J connectivity index is 1.94. The molecular formula is C15H20N4O3. The van der Waals surface area contributed by atoms with Gasteiger partial charge in [-0.1, -0.05) is 6.07 Å². The van der Waals surface area contributed by atoms with Crippen molar-refractivity contribution in [3.63, 3.8) is 0 Å². The molecule has 3 rings (SSSR count). The summed E-state index contributed by atoms with van der Waals surface area (Å²) < 4.78 is -1.11. The van der Waals surface area contributed by atoms with Crippen molar-refractivity contribution in [1.29, 1.82) is 0 Å². The van der Waals surface area contributed by atoms with Crippen molar-refractivity contribution < 1.29 is 14.2 Å². The van der Waals surface area contributed by atoms with E-state index in [4.69, 9.17) is 5.73 Å². The van der Waals surface area contributed by atoms with E-state index in [0.717, 1.165) is 12.1 Å². The van der Waals surface area contributed by atoms with Crippen molar-refractivity contribution in [2.75, 3.05) is 25.0 Å². The predicted octanol–water partition coefficient (Wildman–Crippen LogP) is 0.304. The van der Waals surface area contributed by atoms with Crippen molar-refractivity contribution in [2.24, 2.45) is 5.73 Å². The molecule has 7 nitrogen and oxygen atoms in total. The number of hydrogen-bond acceptors (Lipinski definition) is 5. The number of quaternary nitrogens is 1. The summed E-state index contributed by atoms with van der Waals surface area (Å²) in [7, 11) is 0. The van der Waals surface area contributed by atoms with Crippen LogP contribution in [-0.4, -0.2) is 42.1 Å². The Bertz CT molecular complexity index is 619. The molecule has 2 heterocycles. The Labute approximate surface area is 128 Å². The lowest BCUT2D eigenvalue weighted by Gasteiger charge is -2.43. The number of hydroxylamine groups is 3. The molecule has 2 aliphatic heterocycles. The molecular weight excluding hydrogens is 284 g/mol. The molecule has 7 heteroatoms. The van der Waals surface area contributed by atoms with Gasteiger partial charge in [0.2, 0.25) is 0 Å². The molecule has 1 aromatic rings. The van der Waals surface area contributed by atoms with E-state index < -0.39 is 16.6 Å². The number of anilines is 1. The fourth-order valence-corrected chi connectivity index (χ4v) is 3.25. The zero-order valence-electron chi connectivity index (χ0n) is 12.3. The molecule has 1 fully saturated rings. The van der Waals surface area contributed by atoms with E-state index in [2.05, 4.69) is 10.6 Å². The first kappa shape index (κ1) is 15.0. The van der Waals surface area contributed by atoms with E-state index in [0.29, 0.717) is 37.2 Å². The molecule has 2 atom stereocenters. The van der Waals surface area contributed by atoms with Gasteiger partial charge in [-0.05, 0) is 18.6 Å². The Hall–Kier alpha value is -1.96. The van der Waals surface area contributed by atoms with Gasteiger partial charge in [-0.15, -0.1) is 0 Å². The van der Waals surface area contributed by atoms with Gasteiger partial charge in [-0.25, -0.2) is 4.79 Å². The van der Waals surface area contributed by atoms with Crippen LogP contribution in [0.15, 0.2) is 18.2 Å². The molecule has 0 radical (unpaired) electrons. The molecule has 1 aromatic carbocycles. The number of fused-ring (bicyclic) bond motifs is 1. The standard InChI is InChI=1S/C15H20N4O3/c16-6-8-17-12-4-1-3-10-11(12)9-19(22,15(10)21)13-5-2-7-18-14(13)20/h1,3-4,13,17H,2,5-9,16H2,(H,18,20). The smallest absolute Gasteiger partial charge is 0.347 e. The monoisotopic (exact) mass is 304 g/mol. The van der Waals surface area contributed by atoms with E-state index >= 15 is 0 Å². The summed E-state index contributed by atoms with van der Waals surface area (Å²) in [5.74, 6) is -0.840. The number of carbonyl (C=O) groups excluding carboxylic acids is 2. The number of nitrogens with two attached hydrogens (primary N) is 1. The summed E-state index contributed by atoms with van der Waals surface area (Å²) in [5.41, 5.74) is 7.34. The van der Waals surface area contributed by atoms with E-state index in [1.807, 2.05) is 6.07 Å². The van der Waals surface area contributed by atoms with Crippen LogP contribution < -0.4 is 16.4 Å².